The minimum absolute atomic E-state index is 0.162. The van der Waals surface area contributed by atoms with Gasteiger partial charge in [0, 0.05) is 12.1 Å². The third kappa shape index (κ3) is 4.85. The summed E-state index contributed by atoms with van der Waals surface area (Å²) in [5.41, 5.74) is 6.26. The Morgan fingerprint density at radius 3 is 2.72 bits per heavy atom. The molecule has 0 bridgehead atoms. The van der Waals surface area contributed by atoms with E-state index in [-0.39, 0.29) is 24.7 Å². The molecule has 1 aromatic rings. The first-order valence-electron chi connectivity index (χ1n) is 8.68. The van der Waals surface area contributed by atoms with Crippen LogP contribution in [0.15, 0.2) is 24.3 Å². The molecule has 0 aliphatic carbocycles. The molecule has 0 saturated carbocycles. The summed E-state index contributed by atoms with van der Waals surface area (Å²) < 4.78 is 11.1. The fourth-order valence-electron chi connectivity index (χ4n) is 2.97. The molecular formula is C18H27N3O4. The van der Waals surface area contributed by atoms with Gasteiger partial charge in [-0.1, -0.05) is 25.1 Å². The average molecular weight is 349 g/mol. The highest BCUT2D eigenvalue weighted by Gasteiger charge is 2.32. The van der Waals surface area contributed by atoms with Gasteiger partial charge >= 0.3 is 6.03 Å². The number of morpholine rings is 1. The number of nitrogens with one attached hydrogen (secondary N) is 1. The first kappa shape index (κ1) is 19.1. The molecule has 138 valence electrons. The van der Waals surface area contributed by atoms with Crippen LogP contribution in [0.25, 0.3) is 0 Å². The molecule has 1 saturated heterocycles. The summed E-state index contributed by atoms with van der Waals surface area (Å²) in [5.74, 6) is 0.209. The number of carbonyl (C=O) groups excluding carboxylic acids is 2. The Balaban J connectivity index is 2.10. The van der Waals surface area contributed by atoms with Crippen molar-refractivity contribution in [2.24, 2.45) is 5.73 Å². The summed E-state index contributed by atoms with van der Waals surface area (Å²) >= 11 is 0. The van der Waals surface area contributed by atoms with Crippen molar-refractivity contribution < 1.29 is 19.1 Å². The number of benzene rings is 1. The Kier molecular flexibility index (Phi) is 6.64. The van der Waals surface area contributed by atoms with E-state index < -0.39 is 12.0 Å². The van der Waals surface area contributed by atoms with E-state index in [4.69, 9.17) is 15.2 Å². The van der Waals surface area contributed by atoms with E-state index in [2.05, 4.69) is 5.32 Å². The van der Waals surface area contributed by atoms with Gasteiger partial charge in [-0.25, -0.2) is 4.79 Å². The zero-order chi connectivity index (χ0) is 18.4. The number of ether oxygens (including phenoxy) is 2. The highest BCUT2D eigenvalue weighted by molar-refractivity contribution is 5.81. The number of amides is 3. The Labute approximate surface area is 148 Å². The van der Waals surface area contributed by atoms with Crippen molar-refractivity contribution in [3.8, 4) is 5.75 Å². The van der Waals surface area contributed by atoms with Crippen molar-refractivity contribution in [2.75, 3.05) is 19.7 Å². The van der Waals surface area contributed by atoms with Gasteiger partial charge in [-0.3, -0.25) is 4.79 Å². The quantitative estimate of drug-likeness (QED) is 0.819. The molecule has 0 unspecified atom stereocenters. The van der Waals surface area contributed by atoms with Gasteiger partial charge in [0.25, 0.3) is 0 Å². The van der Waals surface area contributed by atoms with Crippen molar-refractivity contribution in [3.05, 3.63) is 29.8 Å². The fourth-order valence-corrected chi connectivity index (χ4v) is 2.97. The van der Waals surface area contributed by atoms with Crippen LogP contribution in [0.3, 0.4) is 0 Å². The average Bonchev–Trinajstić information content (AvgIpc) is 2.60. The summed E-state index contributed by atoms with van der Waals surface area (Å²) in [6.45, 7) is 6.88. The maximum absolute atomic E-state index is 12.7. The number of urea groups is 1. The molecule has 3 amide bonds. The van der Waals surface area contributed by atoms with Crippen LogP contribution in [-0.4, -0.2) is 48.7 Å². The number of primary amides is 1. The van der Waals surface area contributed by atoms with Gasteiger partial charge in [-0.2, -0.15) is 0 Å². The Morgan fingerprint density at radius 1 is 1.36 bits per heavy atom. The van der Waals surface area contributed by atoms with E-state index >= 15 is 0 Å². The van der Waals surface area contributed by atoms with E-state index in [0.29, 0.717) is 13.2 Å². The molecule has 7 heteroatoms. The molecule has 7 nitrogen and oxygen atoms in total. The van der Waals surface area contributed by atoms with Crippen LogP contribution in [0, 0.1) is 0 Å². The molecule has 2 rings (SSSR count). The first-order chi connectivity index (χ1) is 12.0. The Hall–Kier alpha value is -2.28. The molecule has 0 spiro atoms. The van der Waals surface area contributed by atoms with Crippen molar-refractivity contribution >= 4 is 11.9 Å². The lowest BCUT2D eigenvalue weighted by atomic mass is 10.0. The molecule has 1 aliphatic rings. The zero-order valence-electron chi connectivity index (χ0n) is 15.0. The summed E-state index contributed by atoms with van der Waals surface area (Å²) in [7, 11) is 0. The second-order valence-electron chi connectivity index (χ2n) is 6.12. The van der Waals surface area contributed by atoms with Crippen molar-refractivity contribution in [3.63, 3.8) is 0 Å². The lowest BCUT2D eigenvalue weighted by molar-refractivity contribution is -0.139. The normalized spacial score (nSPS) is 21.5. The molecule has 1 fully saturated rings. The van der Waals surface area contributed by atoms with Crippen LogP contribution in [-0.2, 0) is 9.53 Å². The van der Waals surface area contributed by atoms with E-state index in [0.717, 1.165) is 17.7 Å². The summed E-state index contributed by atoms with van der Waals surface area (Å²) in [4.78, 5) is 25.7. The predicted molar refractivity (Wildman–Crippen MR) is 94.3 cm³/mol. The standard InChI is InChI=1S/C18H27N3O4/c1-4-14(13-8-6-7-9-15(13)24-5-2)20-18(23)21-10-12(3)25-16(11-21)17(19)22/h6-9,12,14,16H,4-5,10-11H2,1-3H3,(H2,19,22)(H,20,23)/t12-,14-,16+/m1/s1. The second-order valence-corrected chi connectivity index (χ2v) is 6.12. The third-order valence-electron chi connectivity index (χ3n) is 4.17. The van der Waals surface area contributed by atoms with Crippen LogP contribution >= 0.6 is 0 Å². The van der Waals surface area contributed by atoms with Crippen LogP contribution < -0.4 is 15.8 Å². The molecule has 1 aliphatic heterocycles. The maximum atomic E-state index is 12.7. The fraction of sp³-hybridized carbons (Fsp3) is 0.556. The maximum Gasteiger partial charge on any atom is 0.318 e. The van der Waals surface area contributed by atoms with Gasteiger partial charge in [-0.15, -0.1) is 0 Å². The number of rotatable bonds is 6. The highest BCUT2D eigenvalue weighted by Crippen LogP contribution is 2.27. The predicted octanol–water partition coefficient (Wildman–Crippen LogP) is 1.82. The monoisotopic (exact) mass is 349 g/mol. The molecule has 25 heavy (non-hydrogen) atoms. The molecule has 1 heterocycles. The number of para-hydroxylation sites is 1. The molecule has 3 N–H and O–H groups in total. The molecule has 0 radical (unpaired) electrons. The van der Waals surface area contributed by atoms with Crippen molar-refractivity contribution in [1.29, 1.82) is 0 Å². The topological polar surface area (TPSA) is 93.9 Å². The molecule has 0 aromatic heterocycles. The molecule has 3 atom stereocenters. The largest absolute Gasteiger partial charge is 0.494 e. The summed E-state index contributed by atoms with van der Waals surface area (Å²) in [6, 6.07) is 7.26. The summed E-state index contributed by atoms with van der Waals surface area (Å²) in [6.07, 6.45) is -0.298. The van der Waals surface area contributed by atoms with Crippen LogP contribution in [0.4, 0.5) is 4.79 Å². The Bertz CT molecular complexity index is 608. The lowest BCUT2D eigenvalue weighted by Gasteiger charge is -2.36. The smallest absolute Gasteiger partial charge is 0.318 e. The zero-order valence-corrected chi connectivity index (χ0v) is 15.0. The van der Waals surface area contributed by atoms with Gasteiger partial charge in [-0.05, 0) is 26.3 Å². The second kappa shape index (κ2) is 8.71. The van der Waals surface area contributed by atoms with Crippen molar-refractivity contribution in [2.45, 2.75) is 45.4 Å². The van der Waals surface area contributed by atoms with Gasteiger partial charge in [0.1, 0.15) is 5.75 Å². The van der Waals surface area contributed by atoms with E-state index in [9.17, 15) is 9.59 Å². The first-order valence-corrected chi connectivity index (χ1v) is 8.68. The SMILES string of the molecule is CCOc1ccccc1[C@@H](CC)NC(=O)N1C[C@@H](C)O[C@H](C(N)=O)C1. The van der Waals surface area contributed by atoms with Crippen molar-refractivity contribution in [1.82, 2.24) is 10.2 Å². The highest BCUT2D eigenvalue weighted by atomic mass is 16.5. The molecule has 1 aromatic carbocycles. The minimum Gasteiger partial charge on any atom is -0.494 e. The van der Waals surface area contributed by atoms with E-state index in [1.165, 1.54) is 0 Å². The minimum atomic E-state index is -0.773. The van der Waals surface area contributed by atoms with Gasteiger partial charge in [0.2, 0.25) is 5.91 Å². The lowest BCUT2D eigenvalue weighted by Crippen LogP contribution is -2.56. The van der Waals surface area contributed by atoms with Gasteiger partial charge in [0.15, 0.2) is 6.10 Å². The number of hydrogen-bond donors (Lipinski definition) is 2. The van der Waals surface area contributed by atoms with Crippen LogP contribution in [0.5, 0.6) is 5.75 Å². The summed E-state index contributed by atoms with van der Waals surface area (Å²) in [5, 5.41) is 3.03. The van der Waals surface area contributed by atoms with Crippen LogP contribution in [0.2, 0.25) is 0 Å². The number of carbonyl (C=O) groups is 2. The number of hydrogen-bond acceptors (Lipinski definition) is 4. The van der Waals surface area contributed by atoms with Crippen LogP contribution in [0.1, 0.15) is 38.8 Å². The van der Waals surface area contributed by atoms with Gasteiger partial charge in [0.05, 0.1) is 25.3 Å². The van der Waals surface area contributed by atoms with Gasteiger partial charge < -0.3 is 25.4 Å². The number of nitrogens with two attached hydrogens (primary N) is 1. The third-order valence-corrected chi connectivity index (χ3v) is 4.17. The number of nitrogens with zero attached hydrogens (tertiary/aromatic N) is 1. The Morgan fingerprint density at radius 2 is 2.08 bits per heavy atom. The van der Waals surface area contributed by atoms with E-state index in [1.54, 1.807) is 4.90 Å². The molecular weight excluding hydrogens is 322 g/mol. The van der Waals surface area contributed by atoms with E-state index in [1.807, 2.05) is 45.0 Å².